The average Bonchev–Trinajstić information content (AvgIpc) is 3.09. The van der Waals surface area contributed by atoms with E-state index in [0.717, 1.165) is 0 Å². The second kappa shape index (κ2) is 10.7. The monoisotopic (exact) mass is 450 g/mol. The van der Waals surface area contributed by atoms with Crippen LogP contribution in [0.3, 0.4) is 0 Å². The molecule has 0 atom stereocenters. The van der Waals surface area contributed by atoms with Gasteiger partial charge in [-0.05, 0) is 72.1 Å². The summed E-state index contributed by atoms with van der Waals surface area (Å²) < 4.78 is 11.2. The van der Waals surface area contributed by atoms with Crippen LogP contribution in [0.4, 0.5) is 0 Å². The number of rotatable bonds is 9. The number of benzene rings is 1. The number of hydrogen-bond acceptors (Lipinski definition) is 5. The summed E-state index contributed by atoms with van der Waals surface area (Å²) in [5, 5.41) is 14.1. The molecule has 0 spiro atoms. The summed E-state index contributed by atoms with van der Waals surface area (Å²) in [4.78, 5) is 24.8. The van der Waals surface area contributed by atoms with E-state index >= 15 is 0 Å². The molecule has 2 rings (SSSR count). The first kappa shape index (κ1) is 21.7. The first-order valence-electron chi connectivity index (χ1n) is 8.83. The van der Waals surface area contributed by atoms with Crippen molar-refractivity contribution in [1.29, 1.82) is 0 Å². The number of carbonyl (C=O) groups excluding carboxylic acids is 2. The Kier molecular flexibility index (Phi) is 8.28. The van der Waals surface area contributed by atoms with E-state index in [1.54, 1.807) is 36.4 Å². The number of halogens is 1. The van der Waals surface area contributed by atoms with Crippen LogP contribution in [0.5, 0.6) is 5.75 Å². The van der Waals surface area contributed by atoms with E-state index in [4.69, 9.17) is 14.3 Å². The topological polar surface area (TPSA) is 101 Å². The summed E-state index contributed by atoms with van der Waals surface area (Å²) in [7, 11) is 0. The van der Waals surface area contributed by atoms with Crippen molar-refractivity contribution in [3.05, 3.63) is 58.1 Å². The Morgan fingerprint density at radius 3 is 2.50 bits per heavy atom. The summed E-state index contributed by atoms with van der Waals surface area (Å²) >= 11 is 3.14. The Bertz CT molecular complexity index is 827. The maximum atomic E-state index is 12.5. The van der Waals surface area contributed by atoms with Gasteiger partial charge in [0, 0.05) is 13.2 Å². The van der Waals surface area contributed by atoms with Gasteiger partial charge in [0.25, 0.3) is 11.8 Å². The molecule has 1 aromatic carbocycles. The number of carbonyl (C=O) groups is 2. The van der Waals surface area contributed by atoms with Gasteiger partial charge in [-0.15, -0.1) is 0 Å². The molecule has 0 aliphatic carbocycles. The Labute approximate surface area is 171 Å². The fourth-order valence-electron chi connectivity index (χ4n) is 2.24. The molecule has 0 saturated heterocycles. The third-order valence-corrected chi connectivity index (χ3v) is 3.90. The van der Waals surface area contributed by atoms with Gasteiger partial charge in [0.2, 0.25) is 0 Å². The van der Waals surface area contributed by atoms with E-state index in [1.807, 2.05) is 13.8 Å². The summed E-state index contributed by atoms with van der Waals surface area (Å²) in [6, 6.07) is 10.2. The highest BCUT2D eigenvalue weighted by molar-refractivity contribution is 9.10. The van der Waals surface area contributed by atoms with Gasteiger partial charge in [-0.25, -0.2) is 0 Å². The molecule has 0 bridgehead atoms. The van der Waals surface area contributed by atoms with Gasteiger partial charge < -0.3 is 24.9 Å². The van der Waals surface area contributed by atoms with E-state index in [1.165, 1.54) is 6.07 Å². The van der Waals surface area contributed by atoms with Crippen molar-refractivity contribution in [2.24, 2.45) is 0 Å². The highest BCUT2D eigenvalue weighted by Gasteiger charge is 2.17. The minimum Gasteiger partial charge on any atom is -0.491 e. The molecule has 0 radical (unpaired) electrons. The minimum absolute atomic E-state index is 0.0383. The number of amides is 2. The third kappa shape index (κ3) is 6.86. The lowest BCUT2D eigenvalue weighted by Crippen LogP contribution is -2.35. The van der Waals surface area contributed by atoms with Gasteiger partial charge in [-0.3, -0.25) is 9.59 Å². The van der Waals surface area contributed by atoms with E-state index in [2.05, 4.69) is 26.6 Å². The first-order chi connectivity index (χ1) is 13.4. The van der Waals surface area contributed by atoms with Crippen molar-refractivity contribution in [2.45, 2.75) is 26.4 Å². The van der Waals surface area contributed by atoms with E-state index < -0.39 is 11.8 Å². The standard InChI is InChI=1S/C20H23BrN2O5/c1-13(2)27-15-6-4-14(5-7-15)12-16(19(25)22-10-3-11-24)23-20(26)17-8-9-18(21)28-17/h4-9,12-13,24H,3,10-11H2,1-2H3,(H,22,25)(H,23,26). The van der Waals surface area contributed by atoms with Crippen molar-refractivity contribution in [2.75, 3.05) is 13.2 Å². The van der Waals surface area contributed by atoms with Crippen LogP contribution in [0, 0.1) is 0 Å². The van der Waals surface area contributed by atoms with Crippen LogP contribution in [0.15, 0.2) is 51.2 Å². The molecule has 0 aliphatic rings. The molecule has 7 nitrogen and oxygen atoms in total. The SMILES string of the molecule is CC(C)Oc1ccc(C=C(NC(=O)c2ccc(Br)o2)C(=O)NCCCO)cc1. The number of aliphatic hydroxyl groups excluding tert-OH is 1. The van der Waals surface area contributed by atoms with Gasteiger partial charge in [0.15, 0.2) is 10.4 Å². The maximum Gasteiger partial charge on any atom is 0.291 e. The molecule has 0 aliphatic heterocycles. The van der Waals surface area contributed by atoms with Crippen molar-refractivity contribution < 1.29 is 23.8 Å². The zero-order valence-electron chi connectivity index (χ0n) is 15.7. The fraction of sp³-hybridized carbons (Fsp3) is 0.300. The molecule has 8 heteroatoms. The van der Waals surface area contributed by atoms with Crippen LogP contribution < -0.4 is 15.4 Å². The van der Waals surface area contributed by atoms with Crippen LogP contribution in [-0.2, 0) is 4.79 Å². The number of ether oxygens (including phenoxy) is 1. The summed E-state index contributed by atoms with van der Waals surface area (Å²) in [6.45, 7) is 4.12. The summed E-state index contributed by atoms with van der Waals surface area (Å²) in [5.41, 5.74) is 0.775. The highest BCUT2D eigenvalue weighted by atomic mass is 79.9. The predicted molar refractivity (Wildman–Crippen MR) is 109 cm³/mol. The van der Waals surface area contributed by atoms with Crippen molar-refractivity contribution >= 4 is 33.8 Å². The number of furan rings is 1. The molecule has 28 heavy (non-hydrogen) atoms. The molecular formula is C20H23BrN2O5. The molecule has 0 saturated carbocycles. The lowest BCUT2D eigenvalue weighted by Gasteiger charge is -2.11. The lowest BCUT2D eigenvalue weighted by atomic mass is 10.1. The quantitative estimate of drug-likeness (QED) is 0.402. The van der Waals surface area contributed by atoms with Gasteiger partial charge in [0.05, 0.1) is 6.10 Å². The Balaban J connectivity index is 2.19. The van der Waals surface area contributed by atoms with Crippen molar-refractivity contribution in [1.82, 2.24) is 10.6 Å². The second-order valence-electron chi connectivity index (χ2n) is 6.18. The highest BCUT2D eigenvalue weighted by Crippen LogP contribution is 2.17. The first-order valence-corrected chi connectivity index (χ1v) is 9.62. The number of aliphatic hydroxyl groups is 1. The van der Waals surface area contributed by atoms with Crippen molar-refractivity contribution in [3.63, 3.8) is 0 Å². The Morgan fingerprint density at radius 2 is 1.93 bits per heavy atom. The predicted octanol–water partition coefficient (Wildman–Crippen LogP) is 3.10. The summed E-state index contributed by atoms with van der Waals surface area (Å²) in [5.74, 6) is -0.226. The van der Waals surface area contributed by atoms with Gasteiger partial charge in [-0.2, -0.15) is 0 Å². The van der Waals surface area contributed by atoms with Gasteiger partial charge in [-0.1, -0.05) is 12.1 Å². The summed E-state index contributed by atoms with van der Waals surface area (Å²) in [6.07, 6.45) is 2.03. The smallest absolute Gasteiger partial charge is 0.291 e. The average molecular weight is 451 g/mol. The van der Waals surface area contributed by atoms with E-state index in [0.29, 0.717) is 22.4 Å². The number of hydrogen-bond donors (Lipinski definition) is 3. The third-order valence-electron chi connectivity index (χ3n) is 3.47. The molecule has 2 aromatic rings. The molecule has 0 unspecified atom stereocenters. The molecule has 3 N–H and O–H groups in total. The van der Waals surface area contributed by atoms with Gasteiger partial charge >= 0.3 is 0 Å². The van der Waals surface area contributed by atoms with Crippen molar-refractivity contribution in [3.8, 4) is 5.75 Å². The van der Waals surface area contributed by atoms with Crippen LogP contribution >= 0.6 is 15.9 Å². The number of nitrogens with one attached hydrogen (secondary N) is 2. The Hall–Kier alpha value is -2.58. The molecule has 2 amide bonds. The molecule has 0 fully saturated rings. The molecular weight excluding hydrogens is 428 g/mol. The second-order valence-corrected chi connectivity index (χ2v) is 6.97. The van der Waals surface area contributed by atoms with Crippen LogP contribution in [0.25, 0.3) is 6.08 Å². The van der Waals surface area contributed by atoms with Crippen LogP contribution in [-0.4, -0.2) is 36.2 Å². The van der Waals surface area contributed by atoms with E-state index in [-0.39, 0.29) is 30.7 Å². The zero-order valence-corrected chi connectivity index (χ0v) is 17.3. The normalized spacial score (nSPS) is 11.4. The fourth-order valence-corrected chi connectivity index (χ4v) is 2.54. The van der Waals surface area contributed by atoms with Crippen LogP contribution in [0.2, 0.25) is 0 Å². The largest absolute Gasteiger partial charge is 0.491 e. The molecule has 1 heterocycles. The maximum absolute atomic E-state index is 12.5. The molecule has 150 valence electrons. The minimum atomic E-state index is -0.547. The lowest BCUT2D eigenvalue weighted by molar-refractivity contribution is -0.117. The Morgan fingerprint density at radius 1 is 1.21 bits per heavy atom. The molecule has 1 aromatic heterocycles. The van der Waals surface area contributed by atoms with Crippen LogP contribution in [0.1, 0.15) is 36.4 Å². The van der Waals surface area contributed by atoms with E-state index in [9.17, 15) is 9.59 Å². The van der Waals surface area contributed by atoms with Gasteiger partial charge in [0.1, 0.15) is 11.4 Å². The zero-order chi connectivity index (χ0) is 20.5.